The molecular weight excluding hydrogens is 126 g/mol. The van der Waals surface area contributed by atoms with E-state index in [4.69, 9.17) is 16.9 Å². The standard InChI is InChI=1S/C7H15N3/c8-6-3-1-5(2-4-6)7(9)10/h5-6H,1-4,8H2,(H3,9,10). The number of nitrogens with one attached hydrogen (secondary N) is 1. The lowest BCUT2D eigenvalue weighted by atomic mass is 9.86. The van der Waals surface area contributed by atoms with Gasteiger partial charge in [0.2, 0.25) is 0 Å². The second kappa shape index (κ2) is 3.01. The zero-order valence-electron chi connectivity index (χ0n) is 6.14. The normalized spacial score (nSPS) is 33.7. The van der Waals surface area contributed by atoms with Crippen LogP contribution in [-0.4, -0.2) is 11.9 Å². The van der Waals surface area contributed by atoms with Crippen LogP contribution in [0.1, 0.15) is 25.7 Å². The molecule has 0 bridgehead atoms. The lowest BCUT2D eigenvalue weighted by Crippen LogP contribution is -2.32. The molecule has 0 saturated heterocycles. The third kappa shape index (κ3) is 1.70. The van der Waals surface area contributed by atoms with Gasteiger partial charge in [0, 0.05) is 12.0 Å². The van der Waals surface area contributed by atoms with Crippen LogP contribution in [0.15, 0.2) is 0 Å². The van der Waals surface area contributed by atoms with Crippen molar-refractivity contribution in [2.45, 2.75) is 31.7 Å². The summed E-state index contributed by atoms with van der Waals surface area (Å²) in [4.78, 5) is 0. The van der Waals surface area contributed by atoms with Gasteiger partial charge in [-0.3, -0.25) is 5.41 Å². The van der Waals surface area contributed by atoms with Crippen molar-refractivity contribution in [2.75, 3.05) is 0 Å². The minimum Gasteiger partial charge on any atom is -0.387 e. The summed E-state index contributed by atoms with van der Waals surface area (Å²) in [7, 11) is 0. The fraction of sp³-hybridized carbons (Fsp3) is 0.857. The topological polar surface area (TPSA) is 75.9 Å². The monoisotopic (exact) mass is 141 g/mol. The fourth-order valence-electron chi connectivity index (χ4n) is 1.43. The highest BCUT2D eigenvalue weighted by Crippen LogP contribution is 2.22. The van der Waals surface area contributed by atoms with Gasteiger partial charge in [0.15, 0.2) is 0 Å². The first-order valence-electron chi connectivity index (χ1n) is 3.79. The summed E-state index contributed by atoms with van der Waals surface area (Å²) in [6.45, 7) is 0. The van der Waals surface area contributed by atoms with Gasteiger partial charge in [-0.1, -0.05) is 0 Å². The van der Waals surface area contributed by atoms with Crippen LogP contribution in [0.5, 0.6) is 0 Å². The second-order valence-electron chi connectivity index (χ2n) is 3.07. The van der Waals surface area contributed by atoms with Crippen molar-refractivity contribution in [3.05, 3.63) is 0 Å². The van der Waals surface area contributed by atoms with Gasteiger partial charge in [0.05, 0.1) is 5.84 Å². The van der Waals surface area contributed by atoms with E-state index >= 15 is 0 Å². The van der Waals surface area contributed by atoms with E-state index in [-0.39, 0.29) is 0 Å². The molecule has 58 valence electrons. The first kappa shape index (κ1) is 7.54. The van der Waals surface area contributed by atoms with Crippen molar-refractivity contribution in [1.29, 1.82) is 5.41 Å². The maximum absolute atomic E-state index is 7.19. The Kier molecular flexibility index (Phi) is 2.27. The van der Waals surface area contributed by atoms with Gasteiger partial charge in [-0.2, -0.15) is 0 Å². The van der Waals surface area contributed by atoms with E-state index < -0.39 is 0 Å². The molecule has 1 fully saturated rings. The van der Waals surface area contributed by atoms with Crippen LogP contribution in [0.2, 0.25) is 0 Å². The second-order valence-corrected chi connectivity index (χ2v) is 3.07. The molecule has 0 heterocycles. The van der Waals surface area contributed by atoms with Gasteiger partial charge in [-0.15, -0.1) is 0 Å². The minimum absolute atomic E-state index is 0.319. The smallest absolute Gasteiger partial charge is 0.0936 e. The first-order valence-corrected chi connectivity index (χ1v) is 3.79. The Morgan fingerprint density at radius 3 is 2.10 bits per heavy atom. The molecule has 0 atom stereocenters. The summed E-state index contributed by atoms with van der Waals surface area (Å²) in [5.41, 5.74) is 11.0. The maximum Gasteiger partial charge on any atom is 0.0936 e. The molecule has 0 spiro atoms. The van der Waals surface area contributed by atoms with Crippen molar-refractivity contribution < 1.29 is 0 Å². The van der Waals surface area contributed by atoms with E-state index in [2.05, 4.69) is 0 Å². The van der Waals surface area contributed by atoms with Crippen LogP contribution < -0.4 is 11.5 Å². The first-order chi connectivity index (χ1) is 4.70. The Morgan fingerprint density at radius 2 is 1.70 bits per heavy atom. The average molecular weight is 141 g/mol. The number of amidine groups is 1. The van der Waals surface area contributed by atoms with Crippen LogP contribution in [0.25, 0.3) is 0 Å². The fourth-order valence-corrected chi connectivity index (χ4v) is 1.43. The summed E-state index contributed by atoms with van der Waals surface area (Å²) in [5, 5.41) is 7.19. The Balaban J connectivity index is 2.33. The van der Waals surface area contributed by atoms with E-state index in [9.17, 15) is 0 Å². The van der Waals surface area contributed by atoms with Gasteiger partial charge in [0.25, 0.3) is 0 Å². The quantitative estimate of drug-likeness (QED) is 0.366. The summed E-state index contributed by atoms with van der Waals surface area (Å²) >= 11 is 0. The predicted molar refractivity (Wildman–Crippen MR) is 41.8 cm³/mol. The maximum atomic E-state index is 7.19. The molecular formula is C7H15N3. The minimum atomic E-state index is 0.319. The lowest BCUT2D eigenvalue weighted by molar-refractivity contribution is 0.389. The molecule has 0 aromatic carbocycles. The zero-order chi connectivity index (χ0) is 7.56. The summed E-state index contributed by atoms with van der Waals surface area (Å²) in [5.74, 6) is 0.659. The van der Waals surface area contributed by atoms with Gasteiger partial charge in [-0.25, -0.2) is 0 Å². The van der Waals surface area contributed by atoms with Crippen LogP contribution in [0.4, 0.5) is 0 Å². The molecule has 3 heteroatoms. The number of hydrogen-bond acceptors (Lipinski definition) is 2. The number of rotatable bonds is 1. The molecule has 0 amide bonds. The highest BCUT2D eigenvalue weighted by molar-refractivity contribution is 5.79. The highest BCUT2D eigenvalue weighted by atomic mass is 14.7. The van der Waals surface area contributed by atoms with Crippen LogP contribution >= 0.6 is 0 Å². The molecule has 3 nitrogen and oxygen atoms in total. The SMILES string of the molecule is N=C(N)C1CCC(N)CC1. The largest absolute Gasteiger partial charge is 0.387 e. The Bertz CT molecular complexity index is 125. The zero-order valence-corrected chi connectivity index (χ0v) is 6.14. The van der Waals surface area contributed by atoms with Crippen molar-refractivity contribution in [3.63, 3.8) is 0 Å². The van der Waals surface area contributed by atoms with Crippen LogP contribution in [-0.2, 0) is 0 Å². The molecule has 10 heavy (non-hydrogen) atoms. The molecule has 1 rings (SSSR count). The molecule has 0 aliphatic heterocycles. The molecule has 0 aromatic rings. The Hall–Kier alpha value is -0.570. The molecule has 5 N–H and O–H groups in total. The average Bonchev–Trinajstić information content (AvgIpc) is 1.88. The summed E-state index contributed by atoms with van der Waals surface area (Å²) in [6, 6.07) is 0.357. The molecule has 1 aliphatic rings. The summed E-state index contributed by atoms with van der Waals surface area (Å²) < 4.78 is 0. The third-order valence-electron chi connectivity index (χ3n) is 2.21. The van der Waals surface area contributed by atoms with Gasteiger partial charge < -0.3 is 11.5 Å². The van der Waals surface area contributed by atoms with Gasteiger partial charge in [-0.05, 0) is 25.7 Å². The predicted octanol–water partition coefficient (Wildman–Crippen LogP) is 0.440. The van der Waals surface area contributed by atoms with Crippen molar-refractivity contribution in [2.24, 2.45) is 17.4 Å². The lowest BCUT2D eigenvalue weighted by Gasteiger charge is -2.24. The number of nitrogens with two attached hydrogens (primary N) is 2. The van der Waals surface area contributed by atoms with Crippen LogP contribution in [0.3, 0.4) is 0 Å². The van der Waals surface area contributed by atoms with Gasteiger partial charge >= 0.3 is 0 Å². The van der Waals surface area contributed by atoms with E-state index in [1.54, 1.807) is 0 Å². The molecule has 0 unspecified atom stereocenters. The van der Waals surface area contributed by atoms with E-state index in [1.807, 2.05) is 0 Å². The molecule has 0 radical (unpaired) electrons. The molecule has 0 aromatic heterocycles. The van der Waals surface area contributed by atoms with Gasteiger partial charge in [0.1, 0.15) is 0 Å². The Morgan fingerprint density at radius 1 is 1.20 bits per heavy atom. The van der Waals surface area contributed by atoms with E-state index in [0.717, 1.165) is 25.7 Å². The third-order valence-corrected chi connectivity index (χ3v) is 2.21. The number of hydrogen-bond donors (Lipinski definition) is 3. The molecule has 1 aliphatic carbocycles. The van der Waals surface area contributed by atoms with E-state index in [1.165, 1.54) is 0 Å². The van der Waals surface area contributed by atoms with Crippen molar-refractivity contribution in [3.8, 4) is 0 Å². The van der Waals surface area contributed by atoms with Crippen molar-refractivity contribution in [1.82, 2.24) is 0 Å². The summed E-state index contributed by atoms with van der Waals surface area (Å²) in [6.07, 6.45) is 4.08. The Labute approximate surface area is 61.3 Å². The van der Waals surface area contributed by atoms with E-state index in [0.29, 0.717) is 17.8 Å². The highest BCUT2D eigenvalue weighted by Gasteiger charge is 2.19. The molecule has 1 saturated carbocycles. The van der Waals surface area contributed by atoms with Crippen LogP contribution in [0, 0.1) is 11.3 Å². The van der Waals surface area contributed by atoms with Crippen molar-refractivity contribution >= 4 is 5.84 Å².